The van der Waals surface area contributed by atoms with Crippen LogP contribution in [0.1, 0.15) is 32.1 Å². The van der Waals surface area contributed by atoms with Gasteiger partial charge in [-0.2, -0.15) is 0 Å². The van der Waals surface area contributed by atoms with Gasteiger partial charge < -0.3 is 5.32 Å². The molecule has 1 aromatic carbocycles. The zero-order valence-corrected chi connectivity index (χ0v) is 11.4. The number of hydrogen-bond donors (Lipinski definition) is 3. The van der Waals surface area contributed by atoms with E-state index < -0.39 is 0 Å². The molecule has 104 valence electrons. The van der Waals surface area contributed by atoms with E-state index in [1.165, 1.54) is 31.4 Å². The summed E-state index contributed by atoms with van der Waals surface area (Å²) in [5, 5.41) is 3.28. The Morgan fingerprint density at radius 2 is 2.05 bits per heavy atom. The van der Waals surface area contributed by atoms with Gasteiger partial charge in [0.25, 0.3) is 0 Å². The number of halogens is 2. The van der Waals surface area contributed by atoms with Gasteiger partial charge >= 0.3 is 0 Å². The fourth-order valence-corrected chi connectivity index (χ4v) is 2.43. The number of aliphatic imine (C=N–C) groups is 1. The van der Waals surface area contributed by atoms with Crippen molar-refractivity contribution in [1.29, 1.82) is 0 Å². The van der Waals surface area contributed by atoms with Crippen molar-refractivity contribution < 1.29 is 4.39 Å². The van der Waals surface area contributed by atoms with Crippen LogP contribution < -0.4 is 16.6 Å². The third-order valence-corrected chi connectivity index (χ3v) is 3.52. The lowest BCUT2D eigenvalue weighted by Gasteiger charge is -2.19. The van der Waals surface area contributed by atoms with Crippen LogP contribution >= 0.6 is 11.6 Å². The first-order chi connectivity index (χ1) is 9.19. The van der Waals surface area contributed by atoms with E-state index in [4.69, 9.17) is 17.4 Å². The molecule has 1 fully saturated rings. The van der Waals surface area contributed by atoms with Gasteiger partial charge in [0, 0.05) is 0 Å². The van der Waals surface area contributed by atoms with E-state index in [1.807, 2.05) is 0 Å². The SMILES string of the molecule is NNC(=NC1CCCCC1)Nc1ccc(F)cc1Cl. The van der Waals surface area contributed by atoms with Crippen molar-refractivity contribution in [3.05, 3.63) is 29.0 Å². The summed E-state index contributed by atoms with van der Waals surface area (Å²) in [5.41, 5.74) is 3.11. The average Bonchev–Trinajstić information content (AvgIpc) is 2.42. The maximum absolute atomic E-state index is 13.0. The Hall–Kier alpha value is -1.33. The van der Waals surface area contributed by atoms with Crippen molar-refractivity contribution in [3.8, 4) is 0 Å². The van der Waals surface area contributed by atoms with Crippen molar-refractivity contribution in [3.63, 3.8) is 0 Å². The summed E-state index contributed by atoms with van der Waals surface area (Å²) in [6.07, 6.45) is 5.81. The first kappa shape index (κ1) is 14.1. The minimum atomic E-state index is -0.373. The van der Waals surface area contributed by atoms with Gasteiger partial charge in [0.2, 0.25) is 5.96 Å². The minimum Gasteiger partial charge on any atom is -0.324 e. The van der Waals surface area contributed by atoms with E-state index in [-0.39, 0.29) is 11.9 Å². The molecule has 4 nitrogen and oxygen atoms in total. The maximum Gasteiger partial charge on any atom is 0.210 e. The van der Waals surface area contributed by atoms with E-state index >= 15 is 0 Å². The first-order valence-corrected chi connectivity index (χ1v) is 6.83. The topological polar surface area (TPSA) is 62.4 Å². The Bertz CT molecular complexity index is 458. The summed E-state index contributed by atoms with van der Waals surface area (Å²) >= 11 is 5.95. The predicted molar refractivity (Wildman–Crippen MR) is 76.7 cm³/mol. The lowest BCUT2D eigenvalue weighted by Crippen LogP contribution is -2.37. The third-order valence-electron chi connectivity index (χ3n) is 3.21. The number of nitrogens with one attached hydrogen (secondary N) is 2. The molecule has 0 heterocycles. The molecular formula is C13H18ClFN4. The second-order valence-corrected chi connectivity index (χ2v) is 5.07. The van der Waals surface area contributed by atoms with Gasteiger partial charge in [0.15, 0.2) is 0 Å². The predicted octanol–water partition coefficient (Wildman–Crippen LogP) is 3.04. The normalized spacial score (nSPS) is 17.3. The van der Waals surface area contributed by atoms with Crippen molar-refractivity contribution >= 4 is 23.2 Å². The highest BCUT2D eigenvalue weighted by molar-refractivity contribution is 6.33. The van der Waals surface area contributed by atoms with Crippen LogP contribution in [0.4, 0.5) is 10.1 Å². The zero-order chi connectivity index (χ0) is 13.7. The van der Waals surface area contributed by atoms with Crippen LogP contribution in [0.5, 0.6) is 0 Å². The fraction of sp³-hybridized carbons (Fsp3) is 0.462. The van der Waals surface area contributed by atoms with Gasteiger partial charge in [0.1, 0.15) is 5.82 Å². The number of benzene rings is 1. The molecule has 1 aliphatic carbocycles. The van der Waals surface area contributed by atoms with Crippen molar-refractivity contribution in [2.75, 3.05) is 5.32 Å². The van der Waals surface area contributed by atoms with Gasteiger partial charge in [-0.3, -0.25) is 5.43 Å². The Kier molecular flexibility index (Phi) is 4.99. The van der Waals surface area contributed by atoms with Crippen molar-refractivity contribution in [2.45, 2.75) is 38.1 Å². The molecule has 6 heteroatoms. The molecule has 19 heavy (non-hydrogen) atoms. The van der Waals surface area contributed by atoms with Gasteiger partial charge in [-0.1, -0.05) is 30.9 Å². The first-order valence-electron chi connectivity index (χ1n) is 6.45. The van der Waals surface area contributed by atoms with Crippen LogP contribution in [0.15, 0.2) is 23.2 Å². The molecule has 0 aromatic heterocycles. The zero-order valence-electron chi connectivity index (χ0n) is 10.6. The van der Waals surface area contributed by atoms with E-state index in [0.29, 0.717) is 16.7 Å². The minimum absolute atomic E-state index is 0.284. The van der Waals surface area contributed by atoms with E-state index in [2.05, 4.69) is 15.7 Å². The number of nitrogens with two attached hydrogens (primary N) is 1. The fourth-order valence-electron chi connectivity index (χ4n) is 2.22. The van der Waals surface area contributed by atoms with Gasteiger partial charge in [-0.05, 0) is 31.0 Å². The Balaban J connectivity index is 2.07. The monoisotopic (exact) mass is 284 g/mol. The van der Waals surface area contributed by atoms with E-state index in [9.17, 15) is 4.39 Å². The van der Waals surface area contributed by atoms with Gasteiger partial charge in [0.05, 0.1) is 16.8 Å². The number of nitrogens with zero attached hydrogens (tertiary/aromatic N) is 1. The summed E-state index contributed by atoms with van der Waals surface area (Å²) in [6.45, 7) is 0. The number of hydrogen-bond acceptors (Lipinski definition) is 2. The average molecular weight is 285 g/mol. The summed E-state index contributed by atoms with van der Waals surface area (Å²) in [4.78, 5) is 4.53. The summed E-state index contributed by atoms with van der Waals surface area (Å²) in [5.74, 6) is 5.54. The smallest absolute Gasteiger partial charge is 0.210 e. The quantitative estimate of drug-likeness (QED) is 0.338. The van der Waals surface area contributed by atoms with Gasteiger partial charge in [-0.25, -0.2) is 15.2 Å². The lowest BCUT2D eigenvalue weighted by molar-refractivity contribution is 0.442. The molecule has 1 aromatic rings. The molecule has 2 rings (SSSR count). The number of hydrazine groups is 1. The Morgan fingerprint density at radius 1 is 1.32 bits per heavy atom. The molecule has 0 spiro atoms. The molecule has 0 saturated heterocycles. The van der Waals surface area contributed by atoms with Crippen LogP contribution in [0.3, 0.4) is 0 Å². The Labute approximate surface area is 117 Å². The number of rotatable bonds is 2. The summed E-state index contributed by atoms with van der Waals surface area (Å²) in [6, 6.07) is 4.43. The van der Waals surface area contributed by atoms with Crippen molar-refractivity contribution in [1.82, 2.24) is 5.43 Å². The molecule has 0 unspecified atom stereocenters. The molecule has 0 aliphatic heterocycles. The maximum atomic E-state index is 13.0. The molecule has 0 radical (unpaired) electrons. The highest BCUT2D eigenvalue weighted by atomic mass is 35.5. The number of guanidine groups is 1. The highest BCUT2D eigenvalue weighted by Crippen LogP contribution is 2.23. The standard InChI is InChI=1S/C13H18ClFN4/c14-11-8-9(15)6-7-12(11)18-13(19-16)17-10-4-2-1-3-5-10/h6-8,10H,1-5,16H2,(H2,17,18,19). The van der Waals surface area contributed by atoms with Crippen LogP contribution in [-0.4, -0.2) is 12.0 Å². The summed E-state index contributed by atoms with van der Waals surface area (Å²) < 4.78 is 13.0. The Morgan fingerprint density at radius 3 is 2.68 bits per heavy atom. The second-order valence-electron chi connectivity index (χ2n) is 4.66. The van der Waals surface area contributed by atoms with Gasteiger partial charge in [-0.15, -0.1) is 0 Å². The molecule has 0 amide bonds. The van der Waals surface area contributed by atoms with E-state index in [0.717, 1.165) is 12.8 Å². The molecular weight excluding hydrogens is 267 g/mol. The number of anilines is 1. The summed E-state index contributed by atoms with van der Waals surface area (Å²) in [7, 11) is 0. The molecule has 0 atom stereocenters. The van der Waals surface area contributed by atoms with E-state index in [1.54, 1.807) is 6.07 Å². The van der Waals surface area contributed by atoms with Crippen LogP contribution in [0, 0.1) is 5.82 Å². The third kappa shape index (κ3) is 4.08. The van der Waals surface area contributed by atoms with Crippen LogP contribution in [-0.2, 0) is 0 Å². The second kappa shape index (κ2) is 6.73. The molecule has 4 N–H and O–H groups in total. The molecule has 0 bridgehead atoms. The van der Waals surface area contributed by atoms with Crippen LogP contribution in [0.25, 0.3) is 0 Å². The van der Waals surface area contributed by atoms with Crippen LogP contribution in [0.2, 0.25) is 5.02 Å². The lowest BCUT2D eigenvalue weighted by atomic mass is 9.96. The highest BCUT2D eigenvalue weighted by Gasteiger charge is 2.13. The largest absolute Gasteiger partial charge is 0.324 e. The van der Waals surface area contributed by atoms with Crippen molar-refractivity contribution in [2.24, 2.45) is 10.8 Å². The molecule has 1 saturated carbocycles. The molecule has 1 aliphatic rings.